The van der Waals surface area contributed by atoms with Crippen LogP contribution in [0.1, 0.15) is 23.6 Å². The Labute approximate surface area is 136 Å². The first kappa shape index (κ1) is 15.3. The predicted octanol–water partition coefficient (Wildman–Crippen LogP) is 1.53. The summed E-state index contributed by atoms with van der Waals surface area (Å²) in [5.41, 5.74) is 3.96. The first-order valence-electron chi connectivity index (χ1n) is 7.90. The summed E-state index contributed by atoms with van der Waals surface area (Å²) < 4.78 is 0. The van der Waals surface area contributed by atoms with E-state index in [9.17, 15) is 4.79 Å². The molecule has 116 valence electrons. The number of nitriles is 1. The molecule has 1 amide bonds. The molecule has 23 heavy (non-hydrogen) atoms. The molecule has 0 spiro atoms. The summed E-state index contributed by atoms with van der Waals surface area (Å²) in [5, 5.41) is 11.9. The van der Waals surface area contributed by atoms with Crippen LogP contribution in [0.2, 0.25) is 0 Å². The van der Waals surface area contributed by atoms with Gasteiger partial charge in [-0.2, -0.15) is 5.26 Å². The normalized spacial score (nSPS) is 17.7. The molecular formula is C19H20N3O+. The van der Waals surface area contributed by atoms with Crippen molar-refractivity contribution in [1.29, 1.82) is 5.26 Å². The third-order valence-corrected chi connectivity index (χ3v) is 4.52. The Morgan fingerprint density at radius 1 is 1.22 bits per heavy atom. The maximum absolute atomic E-state index is 12.5. The van der Waals surface area contributed by atoms with Gasteiger partial charge in [0.1, 0.15) is 6.54 Å². The van der Waals surface area contributed by atoms with Gasteiger partial charge in [0.25, 0.3) is 5.91 Å². The summed E-state index contributed by atoms with van der Waals surface area (Å²) in [7, 11) is 0. The Morgan fingerprint density at radius 3 is 2.78 bits per heavy atom. The van der Waals surface area contributed by atoms with E-state index in [-0.39, 0.29) is 11.9 Å². The molecule has 0 radical (unpaired) electrons. The molecule has 2 aromatic carbocycles. The van der Waals surface area contributed by atoms with Gasteiger partial charge in [-0.25, -0.2) is 0 Å². The molecule has 0 fully saturated rings. The highest BCUT2D eigenvalue weighted by Gasteiger charge is 2.28. The van der Waals surface area contributed by atoms with Gasteiger partial charge in [0, 0.05) is 17.7 Å². The number of hydrogen-bond donors (Lipinski definition) is 2. The minimum absolute atomic E-state index is 0.00512. The van der Waals surface area contributed by atoms with E-state index in [0.29, 0.717) is 11.3 Å². The van der Waals surface area contributed by atoms with E-state index in [2.05, 4.69) is 35.7 Å². The zero-order valence-electron chi connectivity index (χ0n) is 13.2. The Kier molecular flexibility index (Phi) is 4.40. The number of nitrogens with zero attached hydrogens (tertiary/aromatic N) is 1. The van der Waals surface area contributed by atoms with Crippen molar-refractivity contribution < 1.29 is 9.69 Å². The highest BCUT2D eigenvalue weighted by Crippen LogP contribution is 2.12. The molecule has 2 N–H and O–H groups in total. The minimum Gasteiger partial charge on any atom is -0.321 e. The molecule has 1 unspecified atom stereocenters. The Balaban J connectivity index is 1.67. The summed E-state index contributed by atoms with van der Waals surface area (Å²) in [4.78, 5) is 13.8. The van der Waals surface area contributed by atoms with Crippen LogP contribution in [0.25, 0.3) is 0 Å². The zero-order valence-corrected chi connectivity index (χ0v) is 13.2. The largest absolute Gasteiger partial charge is 0.321 e. The SMILES string of the molecule is C[C@H](C(=O)Nc1cccc(C#N)c1)[NH+]1CCc2ccccc2C1. The first-order chi connectivity index (χ1) is 11.2. The van der Waals surface area contributed by atoms with E-state index in [4.69, 9.17) is 5.26 Å². The molecule has 2 atom stereocenters. The van der Waals surface area contributed by atoms with Crippen LogP contribution >= 0.6 is 0 Å². The molecular weight excluding hydrogens is 286 g/mol. The van der Waals surface area contributed by atoms with Crippen molar-refractivity contribution >= 4 is 11.6 Å². The van der Waals surface area contributed by atoms with E-state index >= 15 is 0 Å². The molecule has 0 aromatic heterocycles. The number of carbonyl (C=O) groups is 1. The number of quaternary nitrogens is 1. The first-order valence-corrected chi connectivity index (χ1v) is 7.90. The van der Waals surface area contributed by atoms with Crippen molar-refractivity contribution in [2.24, 2.45) is 0 Å². The third kappa shape index (κ3) is 3.41. The van der Waals surface area contributed by atoms with Crippen molar-refractivity contribution in [3.63, 3.8) is 0 Å². The summed E-state index contributed by atoms with van der Waals surface area (Å²) in [5.74, 6) is -0.00512. The highest BCUT2D eigenvalue weighted by molar-refractivity contribution is 5.93. The second kappa shape index (κ2) is 6.64. The van der Waals surface area contributed by atoms with Crippen molar-refractivity contribution in [3.05, 3.63) is 65.2 Å². The topological polar surface area (TPSA) is 57.3 Å². The van der Waals surface area contributed by atoms with E-state index in [0.717, 1.165) is 19.5 Å². The second-order valence-electron chi connectivity index (χ2n) is 6.01. The van der Waals surface area contributed by atoms with Crippen molar-refractivity contribution in [2.45, 2.75) is 25.9 Å². The lowest BCUT2D eigenvalue weighted by molar-refractivity contribution is -0.929. The van der Waals surface area contributed by atoms with Gasteiger partial charge in [-0.05, 0) is 30.7 Å². The number of carbonyl (C=O) groups excluding carboxylic acids is 1. The number of anilines is 1. The molecule has 2 aromatic rings. The number of fused-ring (bicyclic) bond motifs is 1. The molecule has 3 rings (SSSR count). The van der Waals surface area contributed by atoms with Gasteiger partial charge in [-0.3, -0.25) is 4.79 Å². The molecule has 1 aliphatic heterocycles. The maximum atomic E-state index is 12.5. The van der Waals surface area contributed by atoms with Gasteiger partial charge in [0.15, 0.2) is 6.04 Å². The molecule has 0 saturated carbocycles. The molecule has 0 bridgehead atoms. The fourth-order valence-corrected chi connectivity index (χ4v) is 3.07. The second-order valence-corrected chi connectivity index (χ2v) is 6.01. The molecule has 0 aliphatic carbocycles. The molecule has 1 aliphatic rings. The van der Waals surface area contributed by atoms with Crippen molar-refractivity contribution in [1.82, 2.24) is 0 Å². The smallest absolute Gasteiger partial charge is 0.282 e. The third-order valence-electron chi connectivity index (χ3n) is 4.52. The van der Waals surface area contributed by atoms with Crippen molar-refractivity contribution in [2.75, 3.05) is 11.9 Å². The predicted molar refractivity (Wildman–Crippen MR) is 88.9 cm³/mol. The number of benzene rings is 2. The van der Waals surface area contributed by atoms with Crippen LogP contribution in [0.3, 0.4) is 0 Å². The number of rotatable bonds is 3. The average molecular weight is 306 g/mol. The minimum atomic E-state index is -0.130. The van der Waals surface area contributed by atoms with E-state index in [1.807, 2.05) is 13.0 Å². The maximum Gasteiger partial charge on any atom is 0.282 e. The average Bonchev–Trinajstić information content (AvgIpc) is 2.60. The zero-order chi connectivity index (χ0) is 16.2. The lowest BCUT2D eigenvalue weighted by Crippen LogP contribution is -3.16. The summed E-state index contributed by atoms with van der Waals surface area (Å²) in [6.45, 7) is 3.81. The van der Waals surface area contributed by atoms with Crippen LogP contribution in [-0.2, 0) is 17.8 Å². The van der Waals surface area contributed by atoms with E-state index in [1.165, 1.54) is 16.0 Å². The number of nitrogens with one attached hydrogen (secondary N) is 2. The number of amides is 1. The Morgan fingerprint density at radius 2 is 2.00 bits per heavy atom. The summed E-state index contributed by atoms with van der Waals surface area (Å²) in [6, 6.07) is 17.4. The fourth-order valence-electron chi connectivity index (χ4n) is 3.07. The van der Waals surface area contributed by atoms with Gasteiger partial charge >= 0.3 is 0 Å². The Hall–Kier alpha value is -2.64. The summed E-state index contributed by atoms with van der Waals surface area (Å²) >= 11 is 0. The highest BCUT2D eigenvalue weighted by atomic mass is 16.2. The van der Waals surface area contributed by atoms with Gasteiger partial charge in [0.2, 0.25) is 0 Å². The van der Waals surface area contributed by atoms with Gasteiger partial charge in [-0.1, -0.05) is 30.3 Å². The number of hydrogen-bond acceptors (Lipinski definition) is 2. The molecule has 4 nitrogen and oxygen atoms in total. The van der Waals surface area contributed by atoms with Gasteiger partial charge in [0.05, 0.1) is 18.2 Å². The lowest BCUT2D eigenvalue weighted by atomic mass is 9.99. The van der Waals surface area contributed by atoms with Crippen LogP contribution in [0.4, 0.5) is 5.69 Å². The van der Waals surface area contributed by atoms with Crippen molar-refractivity contribution in [3.8, 4) is 6.07 Å². The van der Waals surface area contributed by atoms with Crippen LogP contribution in [0.15, 0.2) is 48.5 Å². The van der Waals surface area contributed by atoms with Gasteiger partial charge < -0.3 is 10.2 Å². The van der Waals surface area contributed by atoms with E-state index < -0.39 is 0 Å². The van der Waals surface area contributed by atoms with E-state index in [1.54, 1.807) is 18.2 Å². The molecule has 4 heteroatoms. The Bertz CT molecular complexity index is 763. The van der Waals surface area contributed by atoms with Crippen LogP contribution in [-0.4, -0.2) is 18.5 Å². The molecule has 0 saturated heterocycles. The summed E-state index contributed by atoms with van der Waals surface area (Å²) in [6.07, 6.45) is 1.01. The van der Waals surface area contributed by atoms with Crippen LogP contribution in [0, 0.1) is 11.3 Å². The monoisotopic (exact) mass is 306 g/mol. The lowest BCUT2D eigenvalue weighted by Gasteiger charge is -2.30. The van der Waals surface area contributed by atoms with Crippen LogP contribution in [0.5, 0.6) is 0 Å². The fraction of sp³-hybridized carbons (Fsp3) is 0.263. The van der Waals surface area contributed by atoms with Gasteiger partial charge in [-0.15, -0.1) is 0 Å². The standard InChI is InChI=1S/C19H19N3O/c1-14(19(23)21-18-8-4-5-15(11-18)12-20)22-10-9-16-6-2-3-7-17(16)13-22/h2-8,11,14H,9-10,13H2,1H3,(H,21,23)/p+1/t14-/m1/s1. The quantitative estimate of drug-likeness (QED) is 0.903. The molecule has 1 heterocycles. The van der Waals surface area contributed by atoms with Crippen LogP contribution < -0.4 is 10.2 Å².